The van der Waals surface area contributed by atoms with Gasteiger partial charge in [-0.05, 0) is 18.9 Å². The van der Waals surface area contributed by atoms with Crippen LogP contribution in [0, 0.1) is 0 Å². The molecular formula is C16H18N2O6S. The van der Waals surface area contributed by atoms with Crippen molar-refractivity contribution in [3.63, 3.8) is 0 Å². The van der Waals surface area contributed by atoms with Crippen molar-refractivity contribution in [3.8, 4) is 0 Å². The van der Waals surface area contributed by atoms with E-state index >= 15 is 0 Å². The van der Waals surface area contributed by atoms with Crippen molar-refractivity contribution in [3.05, 3.63) is 28.1 Å². The summed E-state index contributed by atoms with van der Waals surface area (Å²) in [5.41, 5.74) is -1.06. The Morgan fingerprint density at radius 3 is 2.56 bits per heavy atom. The molecule has 2 aromatic rings. The molecule has 1 aliphatic heterocycles. The third kappa shape index (κ3) is 3.38. The minimum atomic E-state index is -1.34. The molecule has 8 nitrogen and oxygen atoms in total. The summed E-state index contributed by atoms with van der Waals surface area (Å²) >= 11 is 1.20. The summed E-state index contributed by atoms with van der Waals surface area (Å²) in [4.78, 5) is 38.6. The van der Waals surface area contributed by atoms with Crippen LogP contribution in [0.1, 0.15) is 23.2 Å². The maximum Gasteiger partial charge on any atom is 0.351 e. The Hall–Kier alpha value is -2.39. The molecule has 1 N–H and O–H groups in total. The Labute approximate surface area is 147 Å². The SMILES string of the molecule is CN(C(=O)N(C)C1CCOCC1)c1cc2oc(=O)c(C(=O)O)cc2s1. The summed E-state index contributed by atoms with van der Waals surface area (Å²) in [7, 11) is 3.39. The summed E-state index contributed by atoms with van der Waals surface area (Å²) in [5.74, 6) is -1.34. The number of hydrogen-bond donors (Lipinski definition) is 1. The molecule has 134 valence electrons. The lowest BCUT2D eigenvalue weighted by Gasteiger charge is -2.33. The van der Waals surface area contributed by atoms with Gasteiger partial charge in [-0.25, -0.2) is 14.4 Å². The van der Waals surface area contributed by atoms with E-state index < -0.39 is 17.2 Å². The molecule has 25 heavy (non-hydrogen) atoms. The van der Waals surface area contributed by atoms with Crippen molar-refractivity contribution in [2.24, 2.45) is 0 Å². The smallest absolute Gasteiger partial charge is 0.351 e. The Bertz CT molecular complexity index is 867. The molecule has 2 aromatic heterocycles. The maximum atomic E-state index is 12.7. The fourth-order valence-electron chi connectivity index (χ4n) is 2.77. The number of carbonyl (C=O) groups excluding carboxylic acids is 1. The molecule has 0 spiro atoms. The van der Waals surface area contributed by atoms with Crippen LogP contribution in [0.2, 0.25) is 0 Å². The van der Waals surface area contributed by atoms with Crippen LogP contribution in [0.25, 0.3) is 10.3 Å². The summed E-state index contributed by atoms with van der Waals surface area (Å²) in [6.07, 6.45) is 1.58. The first-order valence-corrected chi connectivity index (χ1v) is 8.59. The third-order valence-electron chi connectivity index (χ3n) is 4.30. The van der Waals surface area contributed by atoms with Gasteiger partial charge in [0.1, 0.15) is 10.6 Å². The molecule has 0 aliphatic carbocycles. The maximum absolute atomic E-state index is 12.7. The fourth-order valence-corrected chi connectivity index (χ4v) is 3.76. The molecule has 0 radical (unpaired) electrons. The van der Waals surface area contributed by atoms with Crippen LogP contribution in [0.15, 0.2) is 21.3 Å². The summed E-state index contributed by atoms with van der Waals surface area (Å²) in [6.45, 7) is 1.27. The summed E-state index contributed by atoms with van der Waals surface area (Å²) in [5, 5.41) is 9.58. The molecule has 3 rings (SSSR count). The highest BCUT2D eigenvalue weighted by Crippen LogP contribution is 2.32. The molecule has 0 aromatic carbocycles. The van der Waals surface area contributed by atoms with E-state index in [1.54, 1.807) is 25.1 Å². The highest BCUT2D eigenvalue weighted by molar-refractivity contribution is 7.22. The lowest BCUT2D eigenvalue weighted by atomic mass is 10.1. The fraction of sp³-hybridized carbons (Fsp3) is 0.438. The van der Waals surface area contributed by atoms with Gasteiger partial charge in [-0.2, -0.15) is 0 Å². The zero-order valence-electron chi connectivity index (χ0n) is 13.9. The first kappa shape index (κ1) is 17.4. The number of carboxylic acids is 1. The Kier molecular flexibility index (Phi) is 4.78. The van der Waals surface area contributed by atoms with Crippen LogP contribution < -0.4 is 10.5 Å². The zero-order valence-corrected chi connectivity index (χ0v) is 14.7. The quantitative estimate of drug-likeness (QED) is 0.894. The number of fused-ring (bicyclic) bond motifs is 1. The van der Waals surface area contributed by atoms with E-state index in [1.165, 1.54) is 22.3 Å². The van der Waals surface area contributed by atoms with E-state index in [0.29, 0.717) is 22.9 Å². The van der Waals surface area contributed by atoms with Crippen molar-refractivity contribution >= 4 is 38.6 Å². The van der Waals surface area contributed by atoms with Crippen molar-refractivity contribution in [2.45, 2.75) is 18.9 Å². The van der Waals surface area contributed by atoms with Crippen LogP contribution in [-0.4, -0.2) is 55.4 Å². The van der Waals surface area contributed by atoms with Gasteiger partial charge in [-0.15, -0.1) is 11.3 Å². The second-order valence-corrected chi connectivity index (χ2v) is 6.92. The molecule has 1 fully saturated rings. The number of carbonyl (C=O) groups is 2. The van der Waals surface area contributed by atoms with Crippen molar-refractivity contribution in [1.82, 2.24) is 4.90 Å². The number of ether oxygens (including phenoxy) is 1. The number of thiophene rings is 1. The highest BCUT2D eigenvalue weighted by atomic mass is 32.1. The molecule has 1 aliphatic rings. The Balaban J connectivity index is 1.86. The van der Waals surface area contributed by atoms with Gasteiger partial charge < -0.3 is 19.2 Å². The van der Waals surface area contributed by atoms with Crippen molar-refractivity contribution in [2.75, 3.05) is 32.2 Å². The minimum Gasteiger partial charge on any atom is -0.477 e. The number of amides is 2. The second-order valence-electron chi connectivity index (χ2n) is 5.86. The van der Waals surface area contributed by atoms with Crippen molar-refractivity contribution in [1.29, 1.82) is 0 Å². The van der Waals surface area contributed by atoms with Crippen LogP contribution in [0.3, 0.4) is 0 Å². The molecule has 9 heteroatoms. The molecular weight excluding hydrogens is 348 g/mol. The summed E-state index contributed by atoms with van der Waals surface area (Å²) < 4.78 is 10.9. The second kappa shape index (κ2) is 6.85. The highest BCUT2D eigenvalue weighted by Gasteiger charge is 2.26. The van der Waals surface area contributed by atoms with E-state index in [9.17, 15) is 14.4 Å². The van der Waals surface area contributed by atoms with E-state index in [2.05, 4.69) is 0 Å². The monoisotopic (exact) mass is 366 g/mol. The average Bonchev–Trinajstić information content (AvgIpc) is 3.02. The number of anilines is 1. The van der Waals surface area contributed by atoms with Gasteiger partial charge in [0.05, 0.1) is 4.70 Å². The van der Waals surface area contributed by atoms with Gasteiger partial charge in [0.25, 0.3) is 0 Å². The molecule has 0 unspecified atom stereocenters. The molecule has 0 bridgehead atoms. The zero-order chi connectivity index (χ0) is 18.1. The first-order chi connectivity index (χ1) is 11.9. The van der Waals surface area contributed by atoms with E-state index in [4.69, 9.17) is 14.3 Å². The van der Waals surface area contributed by atoms with Gasteiger partial charge >= 0.3 is 17.6 Å². The molecule has 0 saturated carbocycles. The first-order valence-electron chi connectivity index (χ1n) is 7.77. The average molecular weight is 366 g/mol. The molecule has 1 saturated heterocycles. The number of carboxylic acid groups (broad SMARTS) is 1. The topological polar surface area (TPSA) is 100 Å². The van der Waals surface area contributed by atoms with Crippen LogP contribution >= 0.6 is 11.3 Å². The standard InChI is InChI=1S/C16H18N2O6S/c1-17(9-3-5-23-6-4-9)16(22)18(2)13-8-11-12(25-13)7-10(14(19)20)15(21)24-11/h7-9H,3-6H2,1-2H3,(H,19,20). The number of hydrogen-bond acceptors (Lipinski definition) is 6. The van der Waals surface area contributed by atoms with Crippen molar-refractivity contribution < 1.29 is 23.8 Å². The van der Waals surface area contributed by atoms with E-state index in [1.807, 2.05) is 0 Å². The number of nitrogens with zero attached hydrogens (tertiary/aromatic N) is 2. The third-order valence-corrected chi connectivity index (χ3v) is 5.44. The number of aromatic carboxylic acids is 1. The van der Waals surface area contributed by atoms with E-state index in [0.717, 1.165) is 12.8 Å². The minimum absolute atomic E-state index is 0.120. The Morgan fingerprint density at radius 1 is 1.24 bits per heavy atom. The largest absolute Gasteiger partial charge is 0.477 e. The van der Waals surface area contributed by atoms with Gasteiger partial charge in [0, 0.05) is 39.4 Å². The van der Waals surface area contributed by atoms with Gasteiger partial charge in [0.15, 0.2) is 5.58 Å². The lowest BCUT2D eigenvalue weighted by molar-refractivity contribution is 0.0537. The van der Waals surface area contributed by atoms with Gasteiger partial charge in [-0.3, -0.25) is 4.90 Å². The lowest BCUT2D eigenvalue weighted by Crippen LogP contribution is -2.46. The normalized spacial score (nSPS) is 15.3. The van der Waals surface area contributed by atoms with E-state index in [-0.39, 0.29) is 17.7 Å². The van der Waals surface area contributed by atoms with Crippen LogP contribution in [0.4, 0.5) is 9.80 Å². The number of rotatable bonds is 3. The summed E-state index contributed by atoms with van der Waals surface area (Å²) in [6, 6.07) is 2.79. The van der Waals surface area contributed by atoms with Crippen LogP contribution in [-0.2, 0) is 4.74 Å². The van der Waals surface area contributed by atoms with Crippen LogP contribution in [0.5, 0.6) is 0 Å². The predicted octanol–water partition coefficient (Wildman–Crippen LogP) is 2.22. The molecule has 3 heterocycles. The number of urea groups is 1. The predicted molar refractivity (Wildman–Crippen MR) is 92.7 cm³/mol. The van der Waals surface area contributed by atoms with Gasteiger partial charge in [-0.1, -0.05) is 0 Å². The molecule has 0 atom stereocenters. The Morgan fingerprint density at radius 2 is 1.92 bits per heavy atom. The van der Waals surface area contributed by atoms with Gasteiger partial charge in [0.2, 0.25) is 0 Å². The molecule has 2 amide bonds.